The average molecular weight is 304 g/mol. The van der Waals surface area contributed by atoms with Crippen LogP contribution in [0.3, 0.4) is 0 Å². The van der Waals surface area contributed by atoms with Crippen LogP contribution in [0.5, 0.6) is 5.75 Å². The Labute approximate surface area is 139 Å². The molecule has 0 aliphatic heterocycles. The van der Waals surface area contributed by atoms with Crippen molar-refractivity contribution < 1.29 is 4.74 Å². The fraction of sp³-hybridized carbons (Fsp3) is 0.364. The number of hydrogen-bond acceptors (Lipinski definition) is 1. The lowest BCUT2D eigenvalue weighted by Crippen LogP contribution is -2.12. The normalized spacial score (nSPS) is 20.4. The SMILES string of the molecule is COc1ccc(C#CC2CCC(c3ccc(C)cc3)CC2)cc1. The first-order chi connectivity index (χ1) is 11.2. The van der Waals surface area contributed by atoms with E-state index in [-0.39, 0.29) is 0 Å². The molecule has 0 saturated heterocycles. The first-order valence-corrected chi connectivity index (χ1v) is 8.47. The van der Waals surface area contributed by atoms with Gasteiger partial charge >= 0.3 is 0 Å². The summed E-state index contributed by atoms with van der Waals surface area (Å²) in [6.07, 6.45) is 4.93. The summed E-state index contributed by atoms with van der Waals surface area (Å²) in [6.45, 7) is 2.15. The minimum atomic E-state index is 0.541. The molecule has 0 bridgehead atoms. The van der Waals surface area contributed by atoms with Crippen molar-refractivity contribution in [2.75, 3.05) is 7.11 Å². The summed E-state index contributed by atoms with van der Waals surface area (Å²) in [7, 11) is 1.69. The number of ether oxygens (including phenoxy) is 1. The summed E-state index contributed by atoms with van der Waals surface area (Å²) in [4.78, 5) is 0. The smallest absolute Gasteiger partial charge is 0.118 e. The summed E-state index contributed by atoms with van der Waals surface area (Å²) >= 11 is 0. The lowest BCUT2D eigenvalue weighted by Gasteiger charge is -2.26. The predicted octanol–water partition coefficient (Wildman–Crippen LogP) is 5.33. The van der Waals surface area contributed by atoms with Gasteiger partial charge in [-0.2, -0.15) is 0 Å². The monoisotopic (exact) mass is 304 g/mol. The Hall–Kier alpha value is -2.20. The van der Waals surface area contributed by atoms with Gasteiger partial charge in [0.2, 0.25) is 0 Å². The zero-order valence-corrected chi connectivity index (χ0v) is 14.0. The molecule has 0 amide bonds. The van der Waals surface area contributed by atoms with Gasteiger partial charge in [0, 0.05) is 11.5 Å². The van der Waals surface area contributed by atoms with E-state index in [0.717, 1.165) is 17.2 Å². The molecule has 1 aliphatic carbocycles. The van der Waals surface area contributed by atoms with Crippen molar-refractivity contribution in [2.45, 2.75) is 38.5 Å². The van der Waals surface area contributed by atoms with Gasteiger partial charge in [-0.25, -0.2) is 0 Å². The van der Waals surface area contributed by atoms with Gasteiger partial charge in [-0.1, -0.05) is 41.7 Å². The van der Waals surface area contributed by atoms with E-state index >= 15 is 0 Å². The van der Waals surface area contributed by atoms with Gasteiger partial charge in [-0.15, -0.1) is 0 Å². The third-order valence-electron chi connectivity index (χ3n) is 4.79. The lowest BCUT2D eigenvalue weighted by atomic mass is 9.79. The number of hydrogen-bond donors (Lipinski definition) is 0. The van der Waals surface area contributed by atoms with Gasteiger partial charge in [-0.3, -0.25) is 0 Å². The lowest BCUT2D eigenvalue weighted by molar-refractivity contribution is 0.384. The maximum absolute atomic E-state index is 5.18. The van der Waals surface area contributed by atoms with Crippen LogP contribution < -0.4 is 4.74 Å². The average Bonchev–Trinajstić information content (AvgIpc) is 2.61. The van der Waals surface area contributed by atoms with Gasteiger partial charge in [0.1, 0.15) is 5.75 Å². The Bertz CT molecular complexity index is 677. The maximum Gasteiger partial charge on any atom is 0.118 e. The third-order valence-corrected chi connectivity index (χ3v) is 4.79. The molecule has 0 radical (unpaired) electrons. The molecule has 2 aromatic rings. The van der Waals surface area contributed by atoms with Crippen LogP contribution in [0.4, 0.5) is 0 Å². The van der Waals surface area contributed by atoms with Gasteiger partial charge in [-0.05, 0) is 68.4 Å². The molecule has 1 saturated carbocycles. The molecular formula is C22H24O. The predicted molar refractivity (Wildman–Crippen MR) is 95.8 cm³/mol. The van der Waals surface area contributed by atoms with Gasteiger partial charge in [0.05, 0.1) is 7.11 Å². The van der Waals surface area contributed by atoms with Crippen LogP contribution in [0, 0.1) is 24.7 Å². The Kier molecular flexibility index (Phi) is 5.03. The van der Waals surface area contributed by atoms with Crippen molar-refractivity contribution in [1.82, 2.24) is 0 Å². The second-order valence-corrected chi connectivity index (χ2v) is 6.46. The highest BCUT2D eigenvalue weighted by Gasteiger charge is 2.20. The molecule has 118 valence electrons. The summed E-state index contributed by atoms with van der Waals surface area (Å²) in [5, 5.41) is 0. The van der Waals surface area contributed by atoms with Crippen molar-refractivity contribution in [1.29, 1.82) is 0 Å². The Morgan fingerprint density at radius 3 is 2.13 bits per heavy atom. The molecule has 0 atom stereocenters. The van der Waals surface area contributed by atoms with Crippen molar-refractivity contribution in [3.8, 4) is 17.6 Å². The largest absolute Gasteiger partial charge is 0.497 e. The molecule has 1 heteroatoms. The van der Waals surface area contributed by atoms with E-state index in [2.05, 4.69) is 43.0 Å². The molecule has 0 spiro atoms. The summed E-state index contributed by atoms with van der Waals surface area (Å²) in [5.41, 5.74) is 3.91. The van der Waals surface area contributed by atoms with Crippen molar-refractivity contribution in [2.24, 2.45) is 5.92 Å². The van der Waals surface area contributed by atoms with Crippen molar-refractivity contribution >= 4 is 0 Å². The standard InChI is InChI=1S/C22H24O/c1-17-3-11-20(12-4-17)21-13-7-18(8-14-21)5-6-19-9-15-22(23-2)16-10-19/h3-4,9-12,15-16,18,21H,7-8,13-14H2,1-2H3. The second-order valence-electron chi connectivity index (χ2n) is 6.46. The third kappa shape index (κ3) is 4.17. The molecule has 1 nitrogen and oxygen atoms in total. The quantitative estimate of drug-likeness (QED) is 0.681. The molecule has 0 aromatic heterocycles. The molecule has 3 rings (SSSR count). The molecule has 0 N–H and O–H groups in total. The summed E-state index contributed by atoms with van der Waals surface area (Å²) in [6, 6.07) is 17.0. The van der Waals surface area contributed by atoms with E-state index < -0.39 is 0 Å². The first kappa shape index (κ1) is 15.7. The highest BCUT2D eigenvalue weighted by Crippen LogP contribution is 2.35. The van der Waals surface area contributed by atoms with E-state index in [1.807, 2.05) is 24.3 Å². The van der Waals surface area contributed by atoms with E-state index in [4.69, 9.17) is 4.74 Å². The Morgan fingerprint density at radius 2 is 1.52 bits per heavy atom. The fourth-order valence-corrected chi connectivity index (χ4v) is 3.27. The van der Waals surface area contributed by atoms with Crippen LogP contribution in [0.15, 0.2) is 48.5 Å². The Morgan fingerprint density at radius 1 is 0.870 bits per heavy atom. The van der Waals surface area contributed by atoms with Crippen LogP contribution in [-0.4, -0.2) is 7.11 Å². The summed E-state index contributed by atoms with van der Waals surface area (Å²) < 4.78 is 5.18. The first-order valence-electron chi connectivity index (χ1n) is 8.47. The number of benzene rings is 2. The zero-order chi connectivity index (χ0) is 16.1. The number of methoxy groups -OCH3 is 1. The zero-order valence-electron chi connectivity index (χ0n) is 14.0. The van der Waals surface area contributed by atoms with Crippen molar-refractivity contribution in [3.05, 3.63) is 65.2 Å². The molecule has 0 heterocycles. The van der Waals surface area contributed by atoms with Crippen LogP contribution >= 0.6 is 0 Å². The van der Waals surface area contributed by atoms with E-state index in [1.54, 1.807) is 7.11 Å². The van der Waals surface area contributed by atoms with E-state index in [9.17, 15) is 0 Å². The second kappa shape index (κ2) is 7.38. The minimum absolute atomic E-state index is 0.541. The minimum Gasteiger partial charge on any atom is -0.497 e. The van der Waals surface area contributed by atoms with E-state index in [1.165, 1.54) is 36.8 Å². The highest BCUT2D eigenvalue weighted by atomic mass is 16.5. The summed E-state index contributed by atoms with van der Waals surface area (Å²) in [5.74, 6) is 8.93. The van der Waals surface area contributed by atoms with Crippen molar-refractivity contribution in [3.63, 3.8) is 0 Å². The maximum atomic E-state index is 5.18. The molecule has 0 unspecified atom stereocenters. The van der Waals surface area contributed by atoms with Crippen LogP contribution in [0.1, 0.15) is 48.3 Å². The van der Waals surface area contributed by atoms with Crippen LogP contribution in [0.25, 0.3) is 0 Å². The van der Waals surface area contributed by atoms with Crippen LogP contribution in [0.2, 0.25) is 0 Å². The Balaban J connectivity index is 1.56. The van der Waals surface area contributed by atoms with Gasteiger partial charge in [0.15, 0.2) is 0 Å². The van der Waals surface area contributed by atoms with Gasteiger partial charge in [0.25, 0.3) is 0 Å². The highest BCUT2D eigenvalue weighted by molar-refractivity contribution is 5.38. The van der Waals surface area contributed by atoms with E-state index in [0.29, 0.717) is 5.92 Å². The molecule has 1 fully saturated rings. The number of aryl methyl sites for hydroxylation is 1. The number of rotatable bonds is 2. The topological polar surface area (TPSA) is 9.23 Å². The van der Waals surface area contributed by atoms with Crippen LogP contribution in [-0.2, 0) is 0 Å². The van der Waals surface area contributed by atoms with Gasteiger partial charge < -0.3 is 4.74 Å². The molecule has 2 aromatic carbocycles. The molecule has 23 heavy (non-hydrogen) atoms. The molecular weight excluding hydrogens is 280 g/mol. The fourth-order valence-electron chi connectivity index (χ4n) is 3.27. The molecule has 1 aliphatic rings.